The molecule has 1 amide bonds. The largest absolute Gasteiger partial charge is 0.353 e. The molecule has 0 unspecified atom stereocenters. The number of nitriles is 2. The van der Waals surface area contributed by atoms with Gasteiger partial charge in [0, 0.05) is 12.8 Å². The van der Waals surface area contributed by atoms with Gasteiger partial charge >= 0.3 is 0 Å². The van der Waals surface area contributed by atoms with Crippen molar-refractivity contribution in [1.29, 1.82) is 10.5 Å². The van der Waals surface area contributed by atoms with Crippen molar-refractivity contribution in [3.63, 3.8) is 0 Å². The highest BCUT2D eigenvalue weighted by atomic mass is 32.2. The van der Waals surface area contributed by atoms with E-state index in [9.17, 15) is 23.7 Å². The molecule has 0 aromatic heterocycles. The van der Waals surface area contributed by atoms with Crippen LogP contribution in [-0.4, -0.2) is 39.7 Å². The maximum Gasteiger partial charge on any atom is 0.237 e. The predicted molar refractivity (Wildman–Crippen MR) is 117 cm³/mol. The molecule has 160 valence electrons. The van der Waals surface area contributed by atoms with Gasteiger partial charge in [-0.25, -0.2) is 8.42 Å². The number of rotatable bonds is 6. The first-order valence-electron chi connectivity index (χ1n) is 10.1. The minimum atomic E-state index is -3.49. The van der Waals surface area contributed by atoms with Gasteiger partial charge in [-0.05, 0) is 48.2 Å². The molecule has 7 nitrogen and oxygen atoms in total. The van der Waals surface area contributed by atoms with E-state index in [1.54, 1.807) is 12.1 Å². The molecule has 2 aromatic rings. The molecule has 0 saturated carbocycles. The fraction of sp³-hybridized carbons (Fsp3) is 0.348. The molecule has 1 fully saturated rings. The Morgan fingerprint density at radius 3 is 2.45 bits per heavy atom. The summed E-state index contributed by atoms with van der Waals surface area (Å²) in [5.41, 5.74) is 2.38. The van der Waals surface area contributed by atoms with E-state index in [1.165, 1.54) is 6.07 Å². The van der Waals surface area contributed by atoms with E-state index in [0.29, 0.717) is 5.56 Å². The highest BCUT2D eigenvalue weighted by molar-refractivity contribution is 7.90. The van der Waals surface area contributed by atoms with Gasteiger partial charge in [0.25, 0.3) is 0 Å². The Bertz CT molecular complexity index is 1140. The quantitative estimate of drug-likeness (QED) is 0.717. The molecule has 2 atom stereocenters. The van der Waals surface area contributed by atoms with Crippen LogP contribution in [-0.2, 0) is 14.6 Å². The Morgan fingerprint density at radius 1 is 1.16 bits per heavy atom. The summed E-state index contributed by atoms with van der Waals surface area (Å²) in [4.78, 5) is 12.3. The van der Waals surface area contributed by atoms with E-state index >= 15 is 0 Å². The fourth-order valence-electron chi connectivity index (χ4n) is 3.67. The summed E-state index contributed by atoms with van der Waals surface area (Å²) in [6, 6.07) is 15.9. The molecule has 31 heavy (non-hydrogen) atoms. The first kappa shape index (κ1) is 22.5. The molecule has 8 heteroatoms. The number of sulfone groups is 1. The standard InChI is InChI=1S/C23H24N4O3S/c1-31(29,30)22-10-9-18(12-19(22)13-24)16-5-7-17(8-6-16)20(14-25)15-27-23(28)21-4-2-3-11-26-21/h5-10,12,20-21,26H,2-4,11,15H2,1H3,(H,27,28)/t20-,21-/m0/s1. The van der Waals surface area contributed by atoms with Crippen LogP contribution >= 0.6 is 0 Å². The third-order valence-corrected chi connectivity index (χ3v) is 6.56. The summed E-state index contributed by atoms with van der Waals surface area (Å²) in [5, 5.41) is 24.9. The summed E-state index contributed by atoms with van der Waals surface area (Å²) < 4.78 is 23.6. The maximum absolute atomic E-state index is 12.3. The van der Waals surface area contributed by atoms with Gasteiger partial charge in [-0.3, -0.25) is 4.79 Å². The van der Waals surface area contributed by atoms with Gasteiger partial charge in [-0.15, -0.1) is 0 Å². The highest BCUT2D eigenvalue weighted by Crippen LogP contribution is 2.26. The molecule has 1 saturated heterocycles. The van der Waals surface area contributed by atoms with Crippen molar-refractivity contribution in [2.24, 2.45) is 0 Å². The van der Waals surface area contributed by atoms with E-state index < -0.39 is 15.8 Å². The second-order valence-corrected chi connectivity index (χ2v) is 9.63. The number of amides is 1. The van der Waals surface area contributed by atoms with Crippen LogP contribution in [0.1, 0.15) is 36.3 Å². The van der Waals surface area contributed by atoms with Gasteiger partial charge in [-0.2, -0.15) is 10.5 Å². The Morgan fingerprint density at radius 2 is 1.87 bits per heavy atom. The molecular formula is C23H24N4O3S. The number of benzene rings is 2. The summed E-state index contributed by atoms with van der Waals surface area (Å²) in [6.45, 7) is 1.06. The summed E-state index contributed by atoms with van der Waals surface area (Å²) >= 11 is 0. The van der Waals surface area contributed by atoms with Crippen LogP contribution in [0.15, 0.2) is 47.4 Å². The summed E-state index contributed by atoms with van der Waals surface area (Å²) in [7, 11) is -3.49. The van der Waals surface area contributed by atoms with Crippen molar-refractivity contribution in [3.05, 3.63) is 53.6 Å². The van der Waals surface area contributed by atoms with Gasteiger partial charge in [0.05, 0.1) is 28.5 Å². The van der Waals surface area contributed by atoms with Crippen molar-refractivity contribution in [2.75, 3.05) is 19.3 Å². The van der Waals surface area contributed by atoms with Crippen LogP contribution < -0.4 is 10.6 Å². The SMILES string of the molecule is CS(=O)(=O)c1ccc(-c2ccc([C@@H](C#N)CNC(=O)[C@@H]3CCCCN3)cc2)cc1C#N. The lowest BCUT2D eigenvalue weighted by atomic mass is 9.96. The number of nitrogens with zero attached hydrogens (tertiary/aromatic N) is 2. The minimum Gasteiger partial charge on any atom is -0.353 e. The van der Waals surface area contributed by atoms with Crippen LogP contribution in [0.4, 0.5) is 0 Å². The molecule has 0 spiro atoms. The summed E-state index contributed by atoms with van der Waals surface area (Å²) in [6.07, 6.45) is 3.97. The molecule has 3 rings (SSSR count). The molecule has 0 radical (unpaired) electrons. The van der Waals surface area contributed by atoms with E-state index in [1.807, 2.05) is 30.3 Å². The maximum atomic E-state index is 12.3. The predicted octanol–water partition coefficient (Wildman–Crippen LogP) is 2.49. The molecule has 2 N–H and O–H groups in total. The third-order valence-electron chi connectivity index (χ3n) is 5.41. The molecule has 2 aromatic carbocycles. The number of piperidine rings is 1. The van der Waals surface area contributed by atoms with E-state index in [0.717, 1.165) is 43.2 Å². The van der Waals surface area contributed by atoms with Gasteiger partial charge in [-0.1, -0.05) is 36.8 Å². The summed E-state index contributed by atoms with van der Waals surface area (Å²) in [5.74, 6) is -0.560. The molecule has 1 aliphatic rings. The second kappa shape index (κ2) is 9.74. The zero-order valence-electron chi connectivity index (χ0n) is 17.3. The third kappa shape index (κ3) is 5.49. The number of hydrogen-bond acceptors (Lipinski definition) is 6. The van der Waals surface area contributed by atoms with Crippen molar-refractivity contribution in [1.82, 2.24) is 10.6 Å². The van der Waals surface area contributed by atoms with Crippen molar-refractivity contribution < 1.29 is 13.2 Å². The van der Waals surface area contributed by atoms with Crippen LogP contribution in [0.2, 0.25) is 0 Å². The zero-order valence-corrected chi connectivity index (χ0v) is 18.1. The lowest BCUT2D eigenvalue weighted by molar-refractivity contribution is -0.123. The van der Waals surface area contributed by atoms with Gasteiger partial charge < -0.3 is 10.6 Å². The highest BCUT2D eigenvalue weighted by Gasteiger charge is 2.21. The van der Waals surface area contributed by atoms with E-state index in [4.69, 9.17) is 0 Å². The zero-order chi connectivity index (χ0) is 22.4. The lowest BCUT2D eigenvalue weighted by Gasteiger charge is -2.23. The van der Waals surface area contributed by atoms with E-state index in [-0.39, 0.29) is 29.0 Å². The molecular weight excluding hydrogens is 412 g/mol. The van der Waals surface area contributed by atoms with Crippen molar-refractivity contribution in [2.45, 2.75) is 36.1 Å². The molecule has 1 heterocycles. The molecule has 0 bridgehead atoms. The van der Waals surface area contributed by atoms with Crippen LogP contribution in [0.3, 0.4) is 0 Å². The number of hydrogen-bond donors (Lipinski definition) is 2. The monoisotopic (exact) mass is 436 g/mol. The molecule has 0 aliphatic carbocycles. The van der Waals surface area contributed by atoms with Crippen molar-refractivity contribution >= 4 is 15.7 Å². The first-order chi connectivity index (χ1) is 14.8. The van der Waals surface area contributed by atoms with Gasteiger partial charge in [0.2, 0.25) is 5.91 Å². The topological polar surface area (TPSA) is 123 Å². The van der Waals surface area contributed by atoms with Crippen LogP contribution in [0.25, 0.3) is 11.1 Å². The number of carbonyl (C=O) groups excluding carboxylic acids is 1. The number of nitrogens with one attached hydrogen (secondary N) is 2. The average Bonchev–Trinajstić information content (AvgIpc) is 2.79. The molecule has 1 aliphatic heterocycles. The van der Waals surface area contributed by atoms with Crippen LogP contribution in [0, 0.1) is 22.7 Å². The average molecular weight is 437 g/mol. The first-order valence-corrected chi connectivity index (χ1v) is 12.0. The Labute approximate surface area is 182 Å². The Kier molecular flexibility index (Phi) is 7.06. The van der Waals surface area contributed by atoms with Gasteiger partial charge in [0.1, 0.15) is 6.07 Å². The fourth-order valence-corrected chi connectivity index (χ4v) is 4.49. The van der Waals surface area contributed by atoms with E-state index in [2.05, 4.69) is 16.7 Å². The Balaban J connectivity index is 1.72. The van der Waals surface area contributed by atoms with Gasteiger partial charge in [0.15, 0.2) is 9.84 Å². The smallest absolute Gasteiger partial charge is 0.237 e. The normalized spacial score (nSPS) is 17.2. The van der Waals surface area contributed by atoms with Crippen LogP contribution in [0.5, 0.6) is 0 Å². The van der Waals surface area contributed by atoms with Crippen molar-refractivity contribution in [3.8, 4) is 23.3 Å². The Hall–Kier alpha value is -3.20. The number of carbonyl (C=O) groups is 1. The lowest BCUT2D eigenvalue weighted by Crippen LogP contribution is -2.47. The minimum absolute atomic E-state index is 0.00288. The second-order valence-electron chi connectivity index (χ2n) is 7.65.